The number of rotatable bonds is 10. The highest BCUT2D eigenvalue weighted by Gasteiger charge is 2.45. The molecular formula is C26H31ClN2O5. The molecule has 1 unspecified atom stereocenters. The summed E-state index contributed by atoms with van der Waals surface area (Å²) in [5, 5.41) is 11.5. The second-order valence-corrected chi connectivity index (χ2v) is 8.64. The van der Waals surface area contributed by atoms with Crippen LogP contribution in [0.5, 0.6) is 11.5 Å². The van der Waals surface area contributed by atoms with E-state index in [0.717, 1.165) is 6.54 Å². The van der Waals surface area contributed by atoms with Crippen LogP contribution >= 0.6 is 11.6 Å². The van der Waals surface area contributed by atoms with Crippen LogP contribution in [0.1, 0.15) is 37.4 Å². The zero-order chi connectivity index (χ0) is 24.8. The predicted molar refractivity (Wildman–Crippen MR) is 132 cm³/mol. The van der Waals surface area contributed by atoms with Crippen LogP contribution in [-0.2, 0) is 9.59 Å². The van der Waals surface area contributed by atoms with Gasteiger partial charge in [0.2, 0.25) is 0 Å². The van der Waals surface area contributed by atoms with Crippen LogP contribution in [0.15, 0.2) is 48.0 Å². The molecule has 0 radical (unpaired) electrons. The van der Waals surface area contributed by atoms with Crippen molar-refractivity contribution in [2.75, 3.05) is 40.4 Å². The highest BCUT2D eigenvalue weighted by molar-refractivity contribution is 6.46. The zero-order valence-electron chi connectivity index (χ0n) is 20.0. The van der Waals surface area contributed by atoms with E-state index in [1.54, 1.807) is 24.3 Å². The predicted octanol–water partition coefficient (Wildman–Crippen LogP) is 4.51. The van der Waals surface area contributed by atoms with Gasteiger partial charge in [0.25, 0.3) is 11.7 Å². The van der Waals surface area contributed by atoms with Gasteiger partial charge < -0.3 is 24.4 Å². The molecule has 182 valence electrons. The maximum Gasteiger partial charge on any atom is 0.295 e. The quantitative estimate of drug-likeness (QED) is 0.302. The third-order valence-corrected chi connectivity index (χ3v) is 5.85. The monoisotopic (exact) mass is 486 g/mol. The van der Waals surface area contributed by atoms with E-state index < -0.39 is 17.7 Å². The van der Waals surface area contributed by atoms with Crippen LogP contribution in [0, 0.1) is 0 Å². The summed E-state index contributed by atoms with van der Waals surface area (Å²) in [6, 6.07) is 11.3. The van der Waals surface area contributed by atoms with Gasteiger partial charge in [-0.2, -0.15) is 0 Å². The Hall–Kier alpha value is -3.03. The van der Waals surface area contributed by atoms with Gasteiger partial charge in [-0.05, 0) is 76.8 Å². The van der Waals surface area contributed by atoms with Crippen LogP contribution in [0.3, 0.4) is 0 Å². The number of hydrogen-bond acceptors (Lipinski definition) is 6. The van der Waals surface area contributed by atoms with E-state index in [-0.39, 0.29) is 11.3 Å². The number of Topliss-reactive ketones (excluding diaryl/α,β-unsaturated/α-hetero) is 1. The second kappa shape index (κ2) is 11.4. The molecule has 1 aliphatic heterocycles. The molecule has 1 N–H and O–H groups in total. The summed E-state index contributed by atoms with van der Waals surface area (Å²) < 4.78 is 11.0. The van der Waals surface area contributed by atoms with E-state index in [1.807, 2.05) is 45.0 Å². The Morgan fingerprint density at radius 2 is 1.74 bits per heavy atom. The standard InChI is InChI=1S/C26H31ClN2O5/c1-5-33-19-11-8-17(9-12-19)23-22(25(31)26(32)29(23)15-7-14-28(3)4)24(30)18-10-13-21(34-6-2)20(27)16-18/h8-13,16,23,30H,5-7,14-15H2,1-4H3/b24-22-. The Kier molecular flexibility index (Phi) is 8.58. The molecular weight excluding hydrogens is 456 g/mol. The van der Waals surface area contributed by atoms with Gasteiger partial charge in [-0.3, -0.25) is 9.59 Å². The molecule has 2 aromatic rings. The number of amides is 1. The molecule has 1 heterocycles. The van der Waals surface area contributed by atoms with Crippen molar-refractivity contribution in [3.8, 4) is 11.5 Å². The number of carbonyl (C=O) groups excluding carboxylic acids is 2. The Balaban J connectivity index is 2.07. The normalized spacial score (nSPS) is 17.5. The van der Waals surface area contributed by atoms with Crippen LogP contribution in [0.4, 0.5) is 0 Å². The van der Waals surface area contributed by atoms with Crippen LogP contribution < -0.4 is 9.47 Å². The highest BCUT2D eigenvalue weighted by Crippen LogP contribution is 2.40. The minimum atomic E-state index is -0.719. The Morgan fingerprint density at radius 3 is 2.32 bits per heavy atom. The van der Waals surface area contributed by atoms with Gasteiger partial charge in [0.15, 0.2) is 0 Å². The molecule has 0 bridgehead atoms. The first kappa shape index (κ1) is 25.6. The summed E-state index contributed by atoms with van der Waals surface area (Å²) in [7, 11) is 3.90. The topological polar surface area (TPSA) is 79.3 Å². The number of ketones is 1. The fraction of sp³-hybridized carbons (Fsp3) is 0.385. The van der Waals surface area contributed by atoms with Crippen molar-refractivity contribution in [1.29, 1.82) is 0 Å². The van der Waals surface area contributed by atoms with Crippen LogP contribution in [-0.4, -0.2) is 67.0 Å². The SMILES string of the molecule is CCOc1ccc(C2/C(=C(/O)c3ccc(OCC)c(Cl)c3)C(=O)C(=O)N2CCCN(C)C)cc1. The number of aliphatic hydroxyl groups excluding tert-OH is 1. The first-order valence-electron chi connectivity index (χ1n) is 11.4. The minimum Gasteiger partial charge on any atom is -0.507 e. The van der Waals surface area contributed by atoms with Gasteiger partial charge in [-0.25, -0.2) is 0 Å². The molecule has 0 saturated carbocycles. The van der Waals surface area contributed by atoms with Crippen molar-refractivity contribution in [2.24, 2.45) is 0 Å². The molecule has 1 atom stereocenters. The average Bonchev–Trinajstić information content (AvgIpc) is 3.05. The number of aliphatic hydroxyl groups is 1. The number of nitrogens with zero attached hydrogens (tertiary/aromatic N) is 2. The van der Waals surface area contributed by atoms with Crippen molar-refractivity contribution < 1.29 is 24.2 Å². The Bertz CT molecular complexity index is 1070. The first-order valence-corrected chi connectivity index (χ1v) is 11.7. The molecule has 0 spiro atoms. The molecule has 0 aromatic heterocycles. The van der Waals surface area contributed by atoms with Crippen molar-refractivity contribution in [3.63, 3.8) is 0 Å². The third kappa shape index (κ3) is 5.54. The Labute approximate surface area is 205 Å². The van der Waals surface area contributed by atoms with Gasteiger partial charge in [0.1, 0.15) is 17.3 Å². The van der Waals surface area contributed by atoms with E-state index in [1.165, 1.54) is 11.0 Å². The smallest absolute Gasteiger partial charge is 0.295 e. The van der Waals surface area contributed by atoms with E-state index >= 15 is 0 Å². The van der Waals surface area contributed by atoms with Crippen LogP contribution in [0.25, 0.3) is 5.76 Å². The summed E-state index contributed by atoms with van der Waals surface area (Å²) in [5.41, 5.74) is 1.10. The lowest BCUT2D eigenvalue weighted by Gasteiger charge is -2.26. The van der Waals surface area contributed by atoms with E-state index in [2.05, 4.69) is 0 Å². The lowest BCUT2D eigenvalue weighted by atomic mass is 9.95. The first-order chi connectivity index (χ1) is 16.3. The molecule has 1 saturated heterocycles. The van der Waals surface area contributed by atoms with Crippen molar-refractivity contribution in [1.82, 2.24) is 9.80 Å². The van der Waals surface area contributed by atoms with Crippen LogP contribution in [0.2, 0.25) is 5.02 Å². The van der Waals surface area contributed by atoms with E-state index in [9.17, 15) is 14.7 Å². The largest absolute Gasteiger partial charge is 0.507 e. The van der Waals surface area contributed by atoms with Crippen molar-refractivity contribution in [2.45, 2.75) is 26.3 Å². The summed E-state index contributed by atoms with van der Waals surface area (Å²) in [5.74, 6) is -0.443. The fourth-order valence-corrected chi connectivity index (χ4v) is 4.24. The molecule has 8 heteroatoms. The molecule has 1 fully saturated rings. The maximum absolute atomic E-state index is 13.1. The highest BCUT2D eigenvalue weighted by atomic mass is 35.5. The molecule has 34 heavy (non-hydrogen) atoms. The number of likely N-dealkylation sites (tertiary alicyclic amines) is 1. The van der Waals surface area contributed by atoms with Gasteiger partial charge in [0.05, 0.1) is 29.9 Å². The zero-order valence-corrected chi connectivity index (χ0v) is 20.8. The molecule has 2 aromatic carbocycles. The van der Waals surface area contributed by atoms with Gasteiger partial charge in [-0.15, -0.1) is 0 Å². The number of ether oxygens (including phenoxy) is 2. The minimum absolute atomic E-state index is 0.0410. The summed E-state index contributed by atoms with van der Waals surface area (Å²) >= 11 is 6.31. The average molecular weight is 487 g/mol. The molecule has 1 aliphatic rings. The summed E-state index contributed by atoms with van der Waals surface area (Å²) in [6.45, 7) is 5.85. The molecule has 7 nitrogen and oxygen atoms in total. The molecule has 0 aliphatic carbocycles. The fourth-order valence-electron chi connectivity index (χ4n) is 4.00. The second-order valence-electron chi connectivity index (χ2n) is 8.23. The number of carbonyl (C=O) groups is 2. The van der Waals surface area contributed by atoms with Gasteiger partial charge in [-0.1, -0.05) is 23.7 Å². The lowest BCUT2D eigenvalue weighted by molar-refractivity contribution is -0.139. The third-order valence-electron chi connectivity index (χ3n) is 5.56. The lowest BCUT2D eigenvalue weighted by Crippen LogP contribution is -2.32. The molecule has 1 amide bonds. The summed E-state index contributed by atoms with van der Waals surface area (Å²) in [4.78, 5) is 29.7. The number of halogens is 1. The van der Waals surface area contributed by atoms with Gasteiger partial charge >= 0.3 is 0 Å². The summed E-state index contributed by atoms with van der Waals surface area (Å²) in [6.07, 6.45) is 0.683. The van der Waals surface area contributed by atoms with Crippen molar-refractivity contribution in [3.05, 3.63) is 64.2 Å². The van der Waals surface area contributed by atoms with E-state index in [4.69, 9.17) is 21.1 Å². The molecule has 3 rings (SSSR count). The van der Waals surface area contributed by atoms with Crippen molar-refractivity contribution >= 4 is 29.1 Å². The number of hydrogen-bond donors (Lipinski definition) is 1. The Morgan fingerprint density at radius 1 is 1.06 bits per heavy atom. The maximum atomic E-state index is 13.1. The van der Waals surface area contributed by atoms with E-state index in [0.29, 0.717) is 53.8 Å². The van der Waals surface area contributed by atoms with Gasteiger partial charge in [0, 0.05) is 12.1 Å². The number of benzene rings is 2.